The summed E-state index contributed by atoms with van der Waals surface area (Å²) in [5.74, 6) is 0.427. The van der Waals surface area contributed by atoms with Gasteiger partial charge in [0.15, 0.2) is 0 Å². The van der Waals surface area contributed by atoms with Crippen molar-refractivity contribution in [1.29, 1.82) is 0 Å². The van der Waals surface area contributed by atoms with E-state index in [1.807, 2.05) is 26.8 Å². The highest BCUT2D eigenvalue weighted by Crippen LogP contribution is 2.20. The number of halogens is 1. The van der Waals surface area contributed by atoms with Gasteiger partial charge in [-0.1, -0.05) is 12.1 Å². The Labute approximate surface area is 132 Å². The highest BCUT2D eigenvalue weighted by molar-refractivity contribution is 5.85. The van der Waals surface area contributed by atoms with Crippen molar-refractivity contribution in [3.05, 3.63) is 29.8 Å². The molecule has 1 unspecified atom stereocenters. The maximum absolute atomic E-state index is 11.5. The number of rotatable bonds is 4. The molecule has 120 valence electrons. The fraction of sp³-hybridized carbons (Fsp3) is 0.533. The molecule has 0 saturated heterocycles. The zero-order chi connectivity index (χ0) is 15.3. The van der Waals surface area contributed by atoms with Gasteiger partial charge in [-0.2, -0.15) is 0 Å². The smallest absolute Gasteiger partial charge is 0.410 e. The number of nitrogens with zero attached hydrogens (tertiary/aromatic N) is 1. The van der Waals surface area contributed by atoms with Crippen LogP contribution in [0.1, 0.15) is 32.4 Å². The number of carbonyl (C=O) groups is 1. The number of aliphatic hydroxyl groups excluding tert-OH is 1. The zero-order valence-electron chi connectivity index (χ0n) is 13.2. The SMILES string of the molecule is CN(C)C(=O)Oc1cccc(C(O)CNC(C)(C)C)c1.Cl. The summed E-state index contributed by atoms with van der Waals surface area (Å²) >= 11 is 0. The number of hydrogen-bond acceptors (Lipinski definition) is 4. The molecule has 0 radical (unpaired) electrons. The first-order valence-electron chi connectivity index (χ1n) is 6.61. The Bertz CT molecular complexity index is 458. The van der Waals surface area contributed by atoms with Crippen molar-refractivity contribution >= 4 is 18.5 Å². The molecule has 1 aromatic carbocycles. The number of β-amino-alcohol motifs (C(OH)–C–C–N with tert-alkyl or cyclic N) is 1. The van der Waals surface area contributed by atoms with Crippen LogP contribution in [0.15, 0.2) is 24.3 Å². The summed E-state index contributed by atoms with van der Waals surface area (Å²) in [4.78, 5) is 12.8. The van der Waals surface area contributed by atoms with Crippen molar-refractivity contribution in [2.24, 2.45) is 0 Å². The van der Waals surface area contributed by atoms with Gasteiger partial charge in [-0.25, -0.2) is 4.79 Å². The average Bonchev–Trinajstić information content (AvgIpc) is 2.35. The standard InChI is InChI=1S/C15H24N2O3.ClH/c1-15(2,3)16-10-13(18)11-7-6-8-12(9-11)20-14(19)17(4)5;/h6-9,13,16,18H,10H2,1-5H3;1H. The van der Waals surface area contributed by atoms with Crippen LogP contribution in [-0.2, 0) is 0 Å². The van der Waals surface area contributed by atoms with Gasteiger partial charge in [0.05, 0.1) is 6.10 Å². The van der Waals surface area contributed by atoms with Gasteiger partial charge in [0.25, 0.3) is 0 Å². The van der Waals surface area contributed by atoms with Gasteiger partial charge in [-0.05, 0) is 38.5 Å². The molecule has 0 fully saturated rings. The molecule has 5 nitrogen and oxygen atoms in total. The molecular weight excluding hydrogens is 292 g/mol. The molecule has 0 aromatic heterocycles. The fourth-order valence-electron chi connectivity index (χ4n) is 1.50. The summed E-state index contributed by atoms with van der Waals surface area (Å²) in [5, 5.41) is 13.4. The minimum atomic E-state index is -0.646. The van der Waals surface area contributed by atoms with Gasteiger partial charge in [0.1, 0.15) is 5.75 Å². The van der Waals surface area contributed by atoms with Crippen molar-refractivity contribution in [2.75, 3.05) is 20.6 Å². The maximum atomic E-state index is 11.5. The van der Waals surface area contributed by atoms with E-state index in [-0.39, 0.29) is 17.9 Å². The van der Waals surface area contributed by atoms with E-state index in [2.05, 4.69) is 5.32 Å². The number of aliphatic hydroxyl groups is 1. The molecule has 0 bridgehead atoms. The van der Waals surface area contributed by atoms with Gasteiger partial charge in [-0.15, -0.1) is 12.4 Å². The highest BCUT2D eigenvalue weighted by atomic mass is 35.5. The third kappa shape index (κ3) is 7.32. The van der Waals surface area contributed by atoms with Crippen molar-refractivity contribution < 1.29 is 14.6 Å². The molecule has 1 atom stereocenters. The van der Waals surface area contributed by atoms with Crippen LogP contribution in [0.5, 0.6) is 5.75 Å². The first kappa shape index (κ1) is 19.7. The van der Waals surface area contributed by atoms with Crippen LogP contribution in [0.4, 0.5) is 4.79 Å². The van der Waals surface area contributed by atoms with Crippen LogP contribution in [0.2, 0.25) is 0 Å². The summed E-state index contributed by atoms with van der Waals surface area (Å²) < 4.78 is 5.17. The Morgan fingerprint density at radius 2 is 2.00 bits per heavy atom. The lowest BCUT2D eigenvalue weighted by atomic mass is 10.1. The number of ether oxygens (including phenoxy) is 1. The van der Waals surface area contributed by atoms with Crippen molar-refractivity contribution in [2.45, 2.75) is 32.4 Å². The van der Waals surface area contributed by atoms with E-state index in [0.29, 0.717) is 17.9 Å². The van der Waals surface area contributed by atoms with Crippen LogP contribution in [-0.4, -0.2) is 42.3 Å². The van der Waals surface area contributed by atoms with Crippen LogP contribution < -0.4 is 10.1 Å². The highest BCUT2D eigenvalue weighted by Gasteiger charge is 2.14. The predicted molar refractivity (Wildman–Crippen MR) is 86.1 cm³/mol. The molecule has 2 N–H and O–H groups in total. The van der Waals surface area contributed by atoms with Gasteiger partial charge < -0.3 is 20.1 Å². The van der Waals surface area contributed by atoms with Gasteiger partial charge in [-0.3, -0.25) is 0 Å². The second-order valence-electron chi connectivity index (χ2n) is 5.98. The van der Waals surface area contributed by atoms with Gasteiger partial charge in [0.2, 0.25) is 0 Å². The van der Waals surface area contributed by atoms with Crippen LogP contribution in [0.3, 0.4) is 0 Å². The molecule has 1 aromatic rings. The van der Waals surface area contributed by atoms with Crippen LogP contribution in [0, 0.1) is 0 Å². The van der Waals surface area contributed by atoms with E-state index in [1.54, 1.807) is 32.3 Å². The molecule has 0 spiro atoms. The Morgan fingerprint density at radius 3 is 2.52 bits per heavy atom. The van der Waals surface area contributed by atoms with E-state index in [0.717, 1.165) is 0 Å². The Hall–Kier alpha value is -1.30. The number of nitrogens with one attached hydrogen (secondary N) is 1. The molecule has 6 heteroatoms. The molecule has 1 rings (SSSR count). The number of hydrogen-bond donors (Lipinski definition) is 2. The first-order valence-corrected chi connectivity index (χ1v) is 6.61. The topological polar surface area (TPSA) is 61.8 Å². The quantitative estimate of drug-likeness (QED) is 0.896. The normalized spacial score (nSPS) is 12.3. The second kappa shape index (κ2) is 8.22. The molecule has 0 heterocycles. The summed E-state index contributed by atoms with van der Waals surface area (Å²) in [6.07, 6.45) is -1.09. The minimum Gasteiger partial charge on any atom is -0.410 e. The van der Waals surface area contributed by atoms with Crippen LogP contribution >= 0.6 is 12.4 Å². The molecule has 21 heavy (non-hydrogen) atoms. The summed E-state index contributed by atoms with van der Waals surface area (Å²) in [7, 11) is 3.24. The van der Waals surface area contributed by atoms with Gasteiger partial charge in [0, 0.05) is 26.2 Å². The largest absolute Gasteiger partial charge is 0.414 e. The summed E-state index contributed by atoms with van der Waals surface area (Å²) in [5.41, 5.74) is 0.654. The van der Waals surface area contributed by atoms with E-state index in [4.69, 9.17) is 4.74 Å². The lowest BCUT2D eigenvalue weighted by molar-refractivity contribution is 0.161. The number of carbonyl (C=O) groups excluding carboxylic acids is 1. The number of amides is 1. The molecule has 0 aliphatic carbocycles. The number of benzene rings is 1. The minimum absolute atomic E-state index is 0. The average molecular weight is 317 g/mol. The third-order valence-electron chi connectivity index (χ3n) is 2.64. The lowest BCUT2D eigenvalue weighted by Crippen LogP contribution is -2.38. The Balaban J connectivity index is 0.00000400. The van der Waals surface area contributed by atoms with E-state index in [1.165, 1.54) is 4.90 Å². The van der Waals surface area contributed by atoms with Gasteiger partial charge >= 0.3 is 6.09 Å². The Kier molecular flexibility index (Phi) is 7.71. The predicted octanol–water partition coefficient (Wildman–Crippen LogP) is 2.59. The van der Waals surface area contributed by atoms with Crippen molar-refractivity contribution in [3.63, 3.8) is 0 Å². The van der Waals surface area contributed by atoms with E-state index in [9.17, 15) is 9.90 Å². The van der Waals surface area contributed by atoms with Crippen molar-refractivity contribution in [3.8, 4) is 5.75 Å². The molecule has 1 amide bonds. The molecular formula is C15H25ClN2O3. The second-order valence-corrected chi connectivity index (χ2v) is 5.98. The molecule has 0 saturated carbocycles. The summed E-state index contributed by atoms with van der Waals surface area (Å²) in [6.45, 7) is 6.55. The monoisotopic (exact) mass is 316 g/mol. The summed E-state index contributed by atoms with van der Waals surface area (Å²) in [6, 6.07) is 6.93. The fourth-order valence-corrected chi connectivity index (χ4v) is 1.50. The van der Waals surface area contributed by atoms with E-state index >= 15 is 0 Å². The first-order chi connectivity index (χ1) is 9.19. The molecule has 0 aliphatic rings. The Morgan fingerprint density at radius 1 is 1.38 bits per heavy atom. The molecule has 0 aliphatic heterocycles. The van der Waals surface area contributed by atoms with Crippen LogP contribution in [0.25, 0.3) is 0 Å². The maximum Gasteiger partial charge on any atom is 0.414 e. The third-order valence-corrected chi connectivity index (χ3v) is 2.64. The zero-order valence-corrected chi connectivity index (χ0v) is 14.0. The van der Waals surface area contributed by atoms with E-state index < -0.39 is 12.2 Å². The lowest BCUT2D eigenvalue weighted by Gasteiger charge is -2.23. The van der Waals surface area contributed by atoms with Crippen molar-refractivity contribution in [1.82, 2.24) is 10.2 Å².